The fourth-order valence-electron chi connectivity index (χ4n) is 2.65. The summed E-state index contributed by atoms with van der Waals surface area (Å²) in [6.45, 7) is 6.63. The van der Waals surface area contributed by atoms with Gasteiger partial charge in [0, 0.05) is 0 Å². The van der Waals surface area contributed by atoms with Crippen LogP contribution in [0.5, 0.6) is 0 Å². The van der Waals surface area contributed by atoms with Crippen LogP contribution in [0.3, 0.4) is 0 Å². The summed E-state index contributed by atoms with van der Waals surface area (Å²) < 4.78 is 0. The number of aldehydes is 1. The lowest BCUT2D eigenvalue weighted by molar-refractivity contribution is -0.104. The topological polar surface area (TPSA) is 17.1 Å². The summed E-state index contributed by atoms with van der Waals surface area (Å²) >= 11 is 0. The van der Waals surface area contributed by atoms with Crippen molar-refractivity contribution in [2.45, 2.75) is 39.0 Å². The van der Waals surface area contributed by atoms with Crippen LogP contribution in [0.1, 0.15) is 43.9 Å². The Morgan fingerprint density at radius 1 is 1.33 bits per heavy atom. The van der Waals surface area contributed by atoms with E-state index in [1.54, 1.807) is 0 Å². The summed E-state index contributed by atoms with van der Waals surface area (Å²) in [5, 5.41) is 0. The molecule has 0 heterocycles. The quantitative estimate of drug-likeness (QED) is 0.442. The molecule has 1 nitrogen and oxygen atoms in total. The smallest absolute Gasteiger partial charge is 0.142 e. The maximum absolute atomic E-state index is 10.3. The van der Waals surface area contributed by atoms with Crippen LogP contribution < -0.4 is 0 Å². The largest absolute Gasteiger partial charge is 0.299 e. The van der Waals surface area contributed by atoms with Crippen LogP contribution >= 0.6 is 0 Å². The second kappa shape index (κ2) is 4.93. The van der Waals surface area contributed by atoms with Crippen molar-refractivity contribution in [1.82, 2.24) is 0 Å². The van der Waals surface area contributed by atoms with Gasteiger partial charge in [0.05, 0.1) is 0 Å². The van der Waals surface area contributed by atoms with Crippen LogP contribution in [0.2, 0.25) is 0 Å². The SMILES string of the molecule is CC(/C=C/C=O)=C\c1ccc2c(c1)CCC2(C)C. The molecule has 0 spiro atoms. The number of carbonyl (C=O) groups excluding carboxylic acids is 1. The average Bonchev–Trinajstić information content (AvgIpc) is 2.62. The monoisotopic (exact) mass is 240 g/mol. The lowest BCUT2D eigenvalue weighted by atomic mass is 9.86. The van der Waals surface area contributed by atoms with Crippen molar-refractivity contribution in [2.75, 3.05) is 0 Å². The predicted molar refractivity (Wildman–Crippen MR) is 76.6 cm³/mol. The van der Waals surface area contributed by atoms with Crippen LogP contribution in [-0.4, -0.2) is 6.29 Å². The summed E-state index contributed by atoms with van der Waals surface area (Å²) in [6.07, 6.45) is 8.70. The molecule has 0 bridgehead atoms. The Kier molecular flexibility index (Phi) is 3.51. The van der Waals surface area contributed by atoms with Crippen molar-refractivity contribution >= 4 is 12.4 Å². The summed E-state index contributed by atoms with van der Waals surface area (Å²) in [5.74, 6) is 0. The molecule has 0 fully saturated rings. The first kappa shape index (κ1) is 12.8. The number of fused-ring (bicyclic) bond motifs is 1. The number of carbonyl (C=O) groups is 1. The number of benzene rings is 1. The molecular formula is C17H20O. The number of aryl methyl sites for hydroxylation is 1. The molecule has 0 aromatic heterocycles. The second-order valence-electron chi connectivity index (χ2n) is 5.68. The molecule has 18 heavy (non-hydrogen) atoms. The van der Waals surface area contributed by atoms with Gasteiger partial charge in [0.25, 0.3) is 0 Å². The molecule has 0 aliphatic heterocycles. The standard InChI is InChI=1S/C17H20O/c1-13(5-4-10-18)11-14-6-7-16-15(12-14)8-9-17(16,2)3/h4-7,10-12H,8-9H2,1-3H3/b5-4+,13-11+. The highest BCUT2D eigenvalue weighted by Crippen LogP contribution is 2.38. The van der Waals surface area contributed by atoms with Crippen molar-refractivity contribution in [3.8, 4) is 0 Å². The highest BCUT2D eigenvalue weighted by molar-refractivity contribution is 5.67. The van der Waals surface area contributed by atoms with E-state index in [1.165, 1.54) is 35.6 Å². The van der Waals surface area contributed by atoms with Crippen molar-refractivity contribution in [3.05, 3.63) is 52.6 Å². The van der Waals surface area contributed by atoms with Gasteiger partial charge in [0.1, 0.15) is 6.29 Å². The van der Waals surface area contributed by atoms with Gasteiger partial charge in [-0.15, -0.1) is 0 Å². The van der Waals surface area contributed by atoms with Gasteiger partial charge >= 0.3 is 0 Å². The van der Waals surface area contributed by atoms with E-state index in [0.29, 0.717) is 5.41 Å². The van der Waals surface area contributed by atoms with Gasteiger partial charge in [-0.1, -0.05) is 49.8 Å². The lowest BCUT2D eigenvalue weighted by Gasteiger charge is -2.18. The highest BCUT2D eigenvalue weighted by Gasteiger charge is 2.29. The molecule has 94 valence electrons. The average molecular weight is 240 g/mol. The Balaban J connectivity index is 2.29. The fourth-order valence-corrected chi connectivity index (χ4v) is 2.65. The molecule has 1 aromatic carbocycles. The molecule has 0 amide bonds. The first-order valence-corrected chi connectivity index (χ1v) is 6.46. The van der Waals surface area contributed by atoms with Crippen LogP contribution in [0.15, 0.2) is 35.9 Å². The molecule has 1 aliphatic rings. The fraction of sp³-hybridized carbons (Fsp3) is 0.353. The predicted octanol–water partition coefficient (Wildman–Crippen LogP) is 4.07. The minimum absolute atomic E-state index is 0.323. The Morgan fingerprint density at radius 3 is 2.83 bits per heavy atom. The first-order chi connectivity index (χ1) is 8.53. The summed E-state index contributed by atoms with van der Waals surface area (Å²) in [4.78, 5) is 10.3. The van der Waals surface area contributed by atoms with E-state index in [-0.39, 0.29) is 0 Å². The van der Waals surface area contributed by atoms with Gasteiger partial charge in [0.15, 0.2) is 0 Å². The van der Waals surface area contributed by atoms with E-state index in [1.807, 2.05) is 13.0 Å². The lowest BCUT2D eigenvalue weighted by Crippen LogP contribution is -2.11. The van der Waals surface area contributed by atoms with Crippen molar-refractivity contribution in [3.63, 3.8) is 0 Å². The summed E-state index contributed by atoms with van der Waals surface area (Å²) in [5.41, 5.74) is 5.60. The molecule has 0 atom stereocenters. The maximum atomic E-state index is 10.3. The van der Waals surface area contributed by atoms with E-state index >= 15 is 0 Å². The Bertz CT molecular complexity index is 518. The number of hydrogen-bond donors (Lipinski definition) is 0. The van der Waals surface area contributed by atoms with E-state index in [0.717, 1.165) is 11.9 Å². The molecule has 0 saturated heterocycles. The van der Waals surface area contributed by atoms with E-state index in [4.69, 9.17) is 0 Å². The zero-order valence-corrected chi connectivity index (χ0v) is 11.4. The van der Waals surface area contributed by atoms with Gasteiger partial charge in [-0.25, -0.2) is 0 Å². The van der Waals surface area contributed by atoms with Gasteiger partial charge < -0.3 is 0 Å². The number of hydrogen-bond acceptors (Lipinski definition) is 1. The Hall–Kier alpha value is -1.63. The number of allylic oxidation sites excluding steroid dienone is 3. The maximum Gasteiger partial charge on any atom is 0.142 e. The van der Waals surface area contributed by atoms with Crippen molar-refractivity contribution in [1.29, 1.82) is 0 Å². The van der Waals surface area contributed by atoms with Crippen molar-refractivity contribution in [2.24, 2.45) is 0 Å². The van der Waals surface area contributed by atoms with Gasteiger partial charge in [-0.2, -0.15) is 0 Å². The molecule has 1 aromatic rings. The van der Waals surface area contributed by atoms with Gasteiger partial charge in [-0.3, -0.25) is 4.79 Å². The number of rotatable bonds is 3. The highest BCUT2D eigenvalue weighted by atomic mass is 16.1. The Morgan fingerprint density at radius 2 is 2.11 bits per heavy atom. The Labute approximate surface area is 109 Å². The third-order valence-corrected chi connectivity index (χ3v) is 3.71. The minimum atomic E-state index is 0.323. The molecule has 0 saturated carbocycles. The third kappa shape index (κ3) is 2.61. The molecular weight excluding hydrogens is 220 g/mol. The van der Waals surface area contributed by atoms with E-state index in [9.17, 15) is 4.79 Å². The van der Waals surface area contributed by atoms with Crippen molar-refractivity contribution < 1.29 is 4.79 Å². The molecule has 0 unspecified atom stereocenters. The van der Waals surface area contributed by atoms with Crippen LogP contribution in [0, 0.1) is 0 Å². The van der Waals surface area contributed by atoms with Crippen LogP contribution in [-0.2, 0) is 16.6 Å². The van der Waals surface area contributed by atoms with E-state index < -0.39 is 0 Å². The molecule has 0 radical (unpaired) electrons. The molecule has 1 heteroatoms. The zero-order valence-electron chi connectivity index (χ0n) is 11.4. The molecule has 0 N–H and O–H groups in total. The first-order valence-electron chi connectivity index (χ1n) is 6.46. The summed E-state index contributed by atoms with van der Waals surface area (Å²) in [7, 11) is 0. The molecule has 1 aliphatic carbocycles. The van der Waals surface area contributed by atoms with Crippen LogP contribution in [0.25, 0.3) is 6.08 Å². The van der Waals surface area contributed by atoms with Gasteiger partial charge in [0.2, 0.25) is 0 Å². The molecule has 2 rings (SSSR count). The van der Waals surface area contributed by atoms with Gasteiger partial charge in [-0.05, 0) is 47.9 Å². The second-order valence-corrected chi connectivity index (χ2v) is 5.68. The normalized spacial score (nSPS) is 18.1. The summed E-state index contributed by atoms with van der Waals surface area (Å²) in [6, 6.07) is 6.71. The van der Waals surface area contributed by atoms with E-state index in [2.05, 4.69) is 38.1 Å². The minimum Gasteiger partial charge on any atom is -0.299 e. The zero-order chi connectivity index (χ0) is 13.2. The third-order valence-electron chi connectivity index (χ3n) is 3.71. The van der Waals surface area contributed by atoms with Crippen LogP contribution in [0.4, 0.5) is 0 Å².